The summed E-state index contributed by atoms with van der Waals surface area (Å²) in [6, 6.07) is 18.8. The first-order chi connectivity index (χ1) is 19.0. The Kier molecular flexibility index (Phi) is 8.91. The third kappa shape index (κ3) is 7.28. The number of nitrogens with zero attached hydrogens (tertiary/aromatic N) is 2. The summed E-state index contributed by atoms with van der Waals surface area (Å²) in [5.74, 6) is -1.53. The number of nitrogens with one attached hydrogen (secondary N) is 2. The zero-order chi connectivity index (χ0) is 28.9. The number of hydrogen-bond donors (Lipinski definition) is 2. The number of hydrogen-bond acceptors (Lipinski definition) is 5. The van der Waals surface area contributed by atoms with Crippen molar-refractivity contribution in [1.29, 1.82) is 0 Å². The molecule has 1 heterocycles. The van der Waals surface area contributed by atoms with Gasteiger partial charge in [0.15, 0.2) is 0 Å². The summed E-state index contributed by atoms with van der Waals surface area (Å²) in [6.45, 7) is 2.38. The third-order valence-corrected chi connectivity index (χ3v) is 7.70. The molecule has 4 aromatic rings. The molecule has 2 N–H and O–H groups in total. The molecule has 0 bridgehead atoms. The van der Waals surface area contributed by atoms with E-state index in [0.717, 1.165) is 23.7 Å². The quantitative estimate of drug-likeness (QED) is 0.285. The predicted octanol–water partition coefficient (Wildman–Crippen LogP) is 5.37. The second-order valence-corrected chi connectivity index (χ2v) is 11.4. The molecule has 10 heteroatoms. The molecular formula is C30H30F2N4O3S. The van der Waals surface area contributed by atoms with Crippen LogP contribution in [0.1, 0.15) is 28.4 Å². The van der Waals surface area contributed by atoms with E-state index in [2.05, 4.69) is 10.3 Å². The van der Waals surface area contributed by atoms with Crippen LogP contribution in [0.25, 0.3) is 11.1 Å². The number of pyridine rings is 1. The zero-order valence-electron chi connectivity index (χ0n) is 22.4. The molecule has 0 saturated carbocycles. The molecule has 0 fully saturated rings. The Bertz CT molecular complexity index is 1590. The van der Waals surface area contributed by atoms with Crippen LogP contribution >= 0.6 is 0 Å². The van der Waals surface area contributed by atoms with Gasteiger partial charge in [-0.25, -0.2) is 26.7 Å². The first kappa shape index (κ1) is 28.8. The van der Waals surface area contributed by atoms with Crippen LogP contribution in [0.5, 0.6) is 0 Å². The molecule has 40 heavy (non-hydrogen) atoms. The van der Waals surface area contributed by atoms with Crippen LogP contribution in [-0.2, 0) is 23.0 Å². The third-order valence-electron chi connectivity index (χ3n) is 6.21. The maximum absolute atomic E-state index is 14.0. The van der Waals surface area contributed by atoms with Gasteiger partial charge in [0, 0.05) is 24.4 Å². The highest BCUT2D eigenvalue weighted by atomic mass is 32.2. The fourth-order valence-electron chi connectivity index (χ4n) is 4.50. The standard InChI is InChI=1S/C30H30F2N4O3S/c1-20-7-4-5-9-28(20)40(38,39)35-30(37)34-27(17-22-15-24(31)18-25(32)16-22)29-26(8-6-14-33-29)23-12-10-21(11-13-23)19-36(2)3/h4-16,18,27H,17,19H2,1-3H3,(H2,34,35,37). The van der Waals surface area contributed by atoms with E-state index in [1.54, 1.807) is 37.4 Å². The van der Waals surface area contributed by atoms with Crippen molar-refractivity contribution in [3.8, 4) is 11.1 Å². The molecule has 0 aliphatic heterocycles. The molecule has 1 aromatic heterocycles. The van der Waals surface area contributed by atoms with Gasteiger partial charge in [-0.15, -0.1) is 0 Å². The normalized spacial score (nSPS) is 12.2. The molecule has 0 radical (unpaired) electrons. The highest BCUT2D eigenvalue weighted by molar-refractivity contribution is 7.90. The number of sulfonamides is 1. The lowest BCUT2D eigenvalue weighted by molar-refractivity contribution is 0.242. The Hall–Kier alpha value is -4.15. The highest BCUT2D eigenvalue weighted by Crippen LogP contribution is 2.29. The zero-order valence-corrected chi connectivity index (χ0v) is 23.2. The van der Waals surface area contributed by atoms with Gasteiger partial charge in [-0.3, -0.25) is 4.98 Å². The average molecular weight is 565 g/mol. The minimum Gasteiger partial charge on any atom is -0.329 e. The van der Waals surface area contributed by atoms with Gasteiger partial charge in [-0.05, 0) is 74.0 Å². The van der Waals surface area contributed by atoms with Gasteiger partial charge in [0.05, 0.1) is 16.6 Å². The summed E-state index contributed by atoms with van der Waals surface area (Å²) < 4.78 is 56.0. The van der Waals surface area contributed by atoms with Crippen molar-refractivity contribution in [3.05, 3.63) is 119 Å². The van der Waals surface area contributed by atoms with E-state index < -0.39 is 33.7 Å². The lowest BCUT2D eigenvalue weighted by Crippen LogP contribution is -2.42. The number of carbonyl (C=O) groups is 1. The summed E-state index contributed by atoms with van der Waals surface area (Å²) in [5.41, 5.74) is 3.75. The molecule has 0 spiro atoms. The molecule has 1 atom stereocenters. The molecule has 2 amide bonds. The Morgan fingerprint density at radius 2 is 1.60 bits per heavy atom. The molecule has 7 nitrogen and oxygen atoms in total. The van der Waals surface area contributed by atoms with Crippen LogP contribution in [0.3, 0.4) is 0 Å². The molecule has 1 unspecified atom stereocenters. The van der Waals surface area contributed by atoms with E-state index >= 15 is 0 Å². The van der Waals surface area contributed by atoms with Crippen molar-refractivity contribution < 1.29 is 22.0 Å². The number of carbonyl (C=O) groups excluding carboxylic acids is 1. The van der Waals surface area contributed by atoms with E-state index in [9.17, 15) is 22.0 Å². The van der Waals surface area contributed by atoms with Crippen LogP contribution < -0.4 is 10.0 Å². The summed E-state index contributed by atoms with van der Waals surface area (Å²) in [6.07, 6.45) is 1.50. The van der Waals surface area contributed by atoms with Gasteiger partial charge in [0.1, 0.15) is 11.6 Å². The second kappa shape index (κ2) is 12.4. The van der Waals surface area contributed by atoms with Gasteiger partial charge in [0.2, 0.25) is 0 Å². The van der Waals surface area contributed by atoms with Crippen molar-refractivity contribution in [2.24, 2.45) is 0 Å². The van der Waals surface area contributed by atoms with Crippen molar-refractivity contribution in [2.45, 2.75) is 30.8 Å². The van der Waals surface area contributed by atoms with Crippen LogP contribution in [0.15, 0.2) is 90.0 Å². The highest BCUT2D eigenvalue weighted by Gasteiger charge is 2.25. The van der Waals surface area contributed by atoms with Crippen LogP contribution in [0.4, 0.5) is 13.6 Å². The molecular weight excluding hydrogens is 534 g/mol. The maximum atomic E-state index is 14.0. The maximum Gasteiger partial charge on any atom is 0.329 e. The number of aryl methyl sites for hydroxylation is 1. The number of rotatable bonds is 9. The first-order valence-electron chi connectivity index (χ1n) is 12.5. The number of benzene rings is 3. The summed E-state index contributed by atoms with van der Waals surface area (Å²) in [5, 5.41) is 2.67. The molecule has 4 rings (SSSR count). The largest absolute Gasteiger partial charge is 0.329 e. The molecule has 0 aliphatic rings. The van der Waals surface area contributed by atoms with Gasteiger partial charge < -0.3 is 10.2 Å². The van der Waals surface area contributed by atoms with Crippen molar-refractivity contribution in [2.75, 3.05) is 14.1 Å². The lowest BCUT2D eigenvalue weighted by Gasteiger charge is -2.22. The number of urea groups is 1. The van der Waals surface area contributed by atoms with Crippen LogP contribution in [0, 0.1) is 18.6 Å². The van der Waals surface area contributed by atoms with Gasteiger partial charge in [0.25, 0.3) is 10.0 Å². The Labute approximate surface area is 232 Å². The summed E-state index contributed by atoms with van der Waals surface area (Å²) in [4.78, 5) is 19.6. The van der Waals surface area contributed by atoms with Gasteiger partial charge >= 0.3 is 6.03 Å². The number of aromatic nitrogens is 1. The predicted molar refractivity (Wildman–Crippen MR) is 150 cm³/mol. The Morgan fingerprint density at radius 1 is 0.925 bits per heavy atom. The van der Waals surface area contributed by atoms with E-state index in [0.29, 0.717) is 16.8 Å². The lowest BCUT2D eigenvalue weighted by atomic mass is 9.95. The van der Waals surface area contributed by atoms with E-state index in [1.165, 1.54) is 18.2 Å². The summed E-state index contributed by atoms with van der Waals surface area (Å²) in [7, 11) is -0.237. The molecule has 3 aromatic carbocycles. The smallest absolute Gasteiger partial charge is 0.329 e. The Morgan fingerprint density at radius 3 is 2.25 bits per heavy atom. The van der Waals surface area contributed by atoms with Crippen LogP contribution in [0.2, 0.25) is 0 Å². The van der Waals surface area contributed by atoms with E-state index in [1.807, 2.05) is 54.0 Å². The average Bonchev–Trinajstić information content (AvgIpc) is 2.88. The van der Waals surface area contributed by atoms with Crippen molar-refractivity contribution >= 4 is 16.1 Å². The van der Waals surface area contributed by atoms with E-state index in [4.69, 9.17) is 0 Å². The van der Waals surface area contributed by atoms with Gasteiger partial charge in [-0.2, -0.15) is 0 Å². The monoisotopic (exact) mass is 564 g/mol. The van der Waals surface area contributed by atoms with E-state index in [-0.39, 0.29) is 16.9 Å². The number of halogens is 2. The van der Waals surface area contributed by atoms with Crippen molar-refractivity contribution in [1.82, 2.24) is 19.9 Å². The molecule has 208 valence electrons. The fourth-order valence-corrected chi connectivity index (χ4v) is 5.66. The van der Waals surface area contributed by atoms with Crippen LogP contribution in [-0.4, -0.2) is 38.4 Å². The topological polar surface area (TPSA) is 91.4 Å². The Balaban J connectivity index is 1.69. The fraction of sp³-hybridized carbons (Fsp3) is 0.200. The number of amides is 2. The van der Waals surface area contributed by atoms with Gasteiger partial charge in [-0.1, -0.05) is 48.5 Å². The first-order valence-corrected chi connectivity index (χ1v) is 14.0. The van der Waals surface area contributed by atoms with Crippen molar-refractivity contribution in [3.63, 3.8) is 0 Å². The minimum atomic E-state index is -4.19. The second-order valence-electron chi connectivity index (χ2n) is 9.75. The minimum absolute atomic E-state index is 0.0368. The SMILES string of the molecule is Cc1ccccc1S(=O)(=O)NC(=O)NC(Cc1cc(F)cc(F)c1)c1ncccc1-c1ccc(CN(C)C)cc1. The molecule has 0 aliphatic carbocycles. The molecule has 0 saturated heterocycles. The summed E-state index contributed by atoms with van der Waals surface area (Å²) >= 11 is 0.